The first-order valence-electron chi connectivity index (χ1n) is 7.34. The van der Waals surface area contributed by atoms with Crippen LogP contribution in [0, 0.1) is 6.92 Å². The van der Waals surface area contributed by atoms with Crippen LogP contribution in [-0.2, 0) is 9.59 Å². The maximum Gasteiger partial charge on any atom is 0.251 e. The first kappa shape index (κ1) is 13.3. The molecule has 1 aliphatic carbocycles. The number of nitrogens with zero attached hydrogens (tertiary/aromatic N) is 1. The molecule has 1 aliphatic heterocycles. The summed E-state index contributed by atoms with van der Waals surface area (Å²) in [6.45, 7) is 1.96. The molecular formula is C16H20N2O2. The lowest BCUT2D eigenvalue weighted by Gasteiger charge is -2.18. The molecule has 1 saturated carbocycles. The fourth-order valence-electron chi connectivity index (χ4n) is 3.18. The fourth-order valence-corrected chi connectivity index (χ4v) is 3.18. The minimum atomic E-state index is -0.342. The predicted molar refractivity (Wildman–Crippen MR) is 77.5 cm³/mol. The highest BCUT2D eigenvalue weighted by Crippen LogP contribution is 2.25. The highest BCUT2D eigenvalue weighted by atomic mass is 16.2. The number of carbonyl (C=O) groups is 2. The summed E-state index contributed by atoms with van der Waals surface area (Å²) >= 11 is 0. The van der Waals surface area contributed by atoms with Crippen molar-refractivity contribution in [2.45, 2.75) is 51.1 Å². The Balaban J connectivity index is 1.76. The molecule has 3 rings (SSSR count). The molecule has 1 aromatic rings. The van der Waals surface area contributed by atoms with Crippen LogP contribution in [0.4, 0.5) is 5.69 Å². The topological polar surface area (TPSA) is 49.4 Å². The van der Waals surface area contributed by atoms with Crippen molar-refractivity contribution in [2.24, 2.45) is 0 Å². The average molecular weight is 272 g/mol. The molecular weight excluding hydrogens is 252 g/mol. The standard InChI is InChI=1S/C16H20N2O2/c1-11-5-4-8-13(9-11)18-15(19)10-14(16(18)20)17-12-6-2-3-7-12/h4-5,8-9,12,14,17H,2-3,6-7,10H2,1H3. The van der Waals surface area contributed by atoms with Crippen LogP contribution in [0.2, 0.25) is 0 Å². The molecule has 2 amide bonds. The number of rotatable bonds is 3. The summed E-state index contributed by atoms with van der Waals surface area (Å²) in [4.78, 5) is 25.9. The van der Waals surface area contributed by atoms with Crippen molar-refractivity contribution in [3.05, 3.63) is 29.8 Å². The molecule has 106 valence electrons. The molecule has 1 aromatic carbocycles. The van der Waals surface area contributed by atoms with E-state index in [-0.39, 0.29) is 24.3 Å². The molecule has 0 aromatic heterocycles. The third-order valence-corrected chi connectivity index (χ3v) is 4.20. The van der Waals surface area contributed by atoms with E-state index in [9.17, 15) is 9.59 Å². The average Bonchev–Trinajstić information content (AvgIpc) is 2.99. The first-order chi connectivity index (χ1) is 9.65. The van der Waals surface area contributed by atoms with Gasteiger partial charge >= 0.3 is 0 Å². The van der Waals surface area contributed by atoms with E-state index >= 15 is 0 Å². The van der Waals surface area contributed by atoms with Crippen molar-refractivity contribution in [2.75, 3.05) is 4.90 Å². The molecule has 0 bridgehead atoms. The molecule has 1 atom stereocenters. The van der Waals surface area contributed by atoms with Gasteiger partial charge in [0.1, 0.15) is 0 Å². The summed E-state index contributed by atoms with van der Waals surface area (Å²) in [6, 6.07) is 7.60. The van der Waals surface area contributed by atoms with Gasteiger partial charge in [-0.25, -0.2) is 4.90 Å². The maximum absolute atomic E-state index is 12.5. The monoisotopic (exact) mass is 272 g/mol. The number of hydrogen-bond donors (Lipinski definition) is 1. The van der Waals surface area contributed by atoms with Crippen molar-refractivity contribution in [3.63, 3.8) is 0 Å². The van der Waals surface area contributed by atoms with Gasteiger partial charge in [-0.3, -0.25) is 9.59 Å². The third kappa shape index (κ3) is 2.48. The molecule has 4 heteroatoms. The molecule has 1 heterocycles. The summed E-state index contributed by atoms with van der Waals surface area (Å²) in [5.74, 6) is -0.205. The summed E-state index contributed by atoms with van der Waals surface area (Å²) in [5.41, 5.74) is 1.74. The molecule has 1 saturated heterocycles. The van der Waals surface area contributed by atoms with Gasteiger partial charge in [-0.1, -0.05) is 25.0 Å². The van der Waals surface area contributed by atoms with Crippen molar-refractivity contribution in [3.8, 4) is 0 Å². The smallest absolute Gasteiger partial charge is 0.251 e. The molecule has 20 heavy (non-hydrogen) atoms. The minimum Gasteiger partial charge on any atom is -0.303 e. The lowest BCUT2D eigenvalue weighted by molar-refractivity contribution is -0.121. The van der Waals surface area contributed by atoms with E-state index in [1.807, 2.05) is 31.2 Å². The van der Waals surface area contributed by atoms with Crippen LogP contribution in [0.1, 0.15) is 37.7 Å². The van der Waals surface area contributed by atoms with Crippen LogP contribution in [0.5, 0.6) is 0 Å². The van der Waals surface area contributed by atoms with Gasteiger partial charge in [0.05, 0.1) is 18.2 Å². The normalized spacial score (nSPS) is 23.9. The van der Waals surface area contributed by atoms with Gasteiger partial charge in [0.2, 0.25) is 5.91 Å². The lowest BCUT2D eigenvalue weighted by atomic mass is 10.2. The SMILES string of the molecule is Cc1cccc(N2C(=O)CC(NC3CCCC3)C2=O)c1. The van der Waals surface area contributed by atoms with E-state index in [0.717, 1.165) is 18.4 Å². The number of anilines is 1. The first-order valence-corrected chi connectivity index (χ1v) is 7.34. The van der Waals surface area contributed by atoms with Gasteiger partial charge in [0.25, 0.3) is 5.91 Å². The zero-order valence-electron chi connectivity index (χ0n) is 11.8. The molecule has 2 aliphatic rings. The summed E-state index contributed by atoms with van der Waals surface area (Å²) in [5, 5.41) is 3.36. The Labute approximate surface area is 119 Å². The van der Waals surface area contributed by atoms with Crippen LogP contribution in [0.25, 0.3) is 0 Å². The van der Waals surface area contributed by atoms with Crippen LogP contribution < -0.4 is 10.2 Å². The van der Waals surface area contributed by atoms with Crippen molar-refractivity contribution >= 4 is 17.5 Å². The maximum atomic E-state index is 12.5. The molecule has 1 N–H and O–H groups in total. The Morgan fingerprint density at radius 3 is 2.65 bits per heavy atom. The predicted octanol–water partition coefficient (Wildman–Crippen LogP) is 2.16. The van der Waals surface area contributed by atoms with Crippen LogP contribution in [-0.4, -0.2) is 23.9 Å². The van der Waals surface area contributed by atoms with Crippen molar-refractivity contribution in [1.82, 2.24) is 5.32 Å². The van der Waals surface area contributed by atoms with Gasteiger partial charge in [-0.15, -0.1) is 0 Å². The van der Waals surface area contributed by atoms with Gasteiger partial charge in [0.15, 0.2) is 0 Å². The number of aryl methyl sites for hydroxylation is 1. The highest BCUT2D eigenvalue weighted by Gasteiger charge is 2.40. The molecule has 0 spiro atoms. The van der Waals surface area contributed by atoms with Gasteiger partial charge in [-0.2, -0.15) is 0 Å². The fraction of sp³-hybridized carbons (Fsp3) is 0.500. The Bertz CT molecular complexity index is 535. The number of amides is 2. The van der Waals surface area contributed by atoms with Crippen molar-refractivity contribution < 1.29 is 9.59 Å². The minimum absolute atomic E-state index is 0.101. The van der Waals surface area contributed by atoms with Crippen LogP contribution >= 0.6 is 0 Å². The number of nitrogens with one attached hydrogen (secondary N) is 1. The largest absolute Gasteiger partial charge is 0.303 e. The van der Waals surface area contributed by atoms with Crippen LogP contribution in [0.15, 0.2) is 24.3 Å². The van der Waals surface area contributed by atoms with Gasteiger partial charge in [-0.05, 0) is 37.5 Å². The van der Waals surface area contributed by atoms with Crippen molar-refractivity contribution in [1.29, 1.82) is 0 Å². The van der Waals surface area contributed by atoms with E-state index in [1.165, 1.54) is 17.7 Å². The van der Waals surface area contributed by atoms with Gasteiger partial charge < -0.3 is 5.32 Å². The zero-order chi connectivity index (χ0) is 14.1. The zero-order valence-corrected chi connectivity index (χ0v) is 11.8. The number of imide groups is 1. The summed E-state index contributed by atoms with van der Waals surface area (Å²) in [7, 11) is 0. The quantitative estimate of drug-likeness (QED) is 0.858. The second-order valence-electron chi connectivity index (χ2n) is 5.81. The van der Waals surface area contributed by atoms with E-state index in [1.54, 1.807) is 0 Å². The summed E-state index contributed by atoms with van der Waals surface area (Å²) in [6.07, 6.45) is 4.94. The lowest BCUT2D eigenvalue weighted by Crippen LogP contribution is -2.42. The Morgan fingerprint density at radius 1 is 1.20 bits per heavy atom. The Hall–Kier alpha value is -1.68. The van der Waals surface area contributed by atoms with E-state index in [4.69, 9.17) is 0 Å². The molecule has 2 fully saturated rings. The van der Waals surface area contributed by atoms with Gasteiger partial charge in [0, 0.05) is 6.04 Å². The van der Waals surface area contributed by atoms with E-state index in [0.29, 0.717) is 11.7 Å². The number of hydrogen-bond acceptors (Lipinski definition) is 3. The number of carbonyl (C=O) groups excluding carboxylic acids is 2. The molecule has 0 radical (unpaired) electrons. The Kier molecular flexibility index (Phi) is 3.57. The van der Waals surface area contributed by atoms with E-state index in [2.05, 4.69) is 5.32 Å². The molecule has 1 unspecified atom stereocenters. The second-order valence-corrected chi connectivity index (χ2v) is 5.81. The second kappa shape index (κ2) is 5.37. The third-order valence-electron chi connectivity index (χ3n) is 4.20. The molecule has 4 nitrogen and oxygen atoms in total. The van der Waals surface area contributed by atoms with E-state index < -0.39 is 0 Å². The highest BCUT2D eigenvalue weighted by molar-refractivity contribution is 6.22. The summed E-state index contributed by atoms with van der Waals surface area (Å²) < 4.78 is 0. The van der Waals surface area contributed by atoms with Crippen LogP contribution in [0.3, 0.4) is 0 Å². The Morgan fingerprint density at radius 2 is 1.95 bits per heavy atom. The number of benzene rings is 1.